The van der Waals surface area contributed by atoms with Crippen LogP contribution in [0.5, 0.6) is 5.75 Å². The first-order valence-corrected chi connectivity index (χ1v) is 5.36. The fraction of sp³-hybridized carbons (Fsp3) is 0.385. The number of rotatable bonds is 3. The van der Waals surface area contributed by atoms with Gasteiger partial charge in [-0.1, -0.05) is 18.2 Å². The average molecular weight is 203 g/mol. The van der Waals surface area contributed by atoms with E-state index >= 15 is 0 Å². The zero-order chi connectivity index (χ0) is 10.7. The first kappa shape index (κ1) is 10.2. The fourth-order valence-corrected chi connectivity index (χ4v) is 2.17. The predicted octanol–water partition coefficient (Wildman–Crippen LogP) is 2.24. The van der Waals surface area contributed by atoms with E-state index in [1.165, 1.54) is 16.7 Å². The Balaban J connectivity index is 2.42. The van der Waals surface area contributed by atoms with E-state index in [9.17, 15) is 0 Å². The maximum Gasteiger partial charge on any atom is 0.122 e. The van der Waals surface area contributed by atoms with Crippen LogP contribution in [-0.4, -0.2) is 20.7 Å². The van der Waals surface area contributed by atoms with Gasteiger partial charge in [0.2, 0.25) is 0 Å². The lowest BCUT2D eigenvalue weighted by Gasteiger charge is -2.19. The largest absolute Gasteiger partial charge is 0.496 e. The number of ether oxygens (including phenoxy) is 1. The molecule has 0 bridgehead atoms. The van der Waals surface area contributed by atoms with Crippen molar-refractivity contribution < 1.29 is 4.74 Å². The average Bonchev–Trinajstić information content (AvgIpc) is 2.29. The Morgan fingerprint density at radius 2 is 2.27 bits per heavy atom. The number of likely N-dealkylation sites (N-methyl/N-ethyl adjacent to an activating group) is 1. The van der Waals surface area contributed by atoms with Crippen LogP contribution >= 0.6 is 0 Å². The molecule has 15 heavy (non-hydrogen) atoms. The molecule has 0 saturated carbocycles. The first-order chi connectivity index (χ1) is 7.36. The highest BCUT2D eigenvalue weighted by atomic mass is 16.5. The summed E-state index contributed by atoms with van der Waals surface area (Å²) in [5, 5.41) is 3.21. The van der Waals surface area contributed by atoms with Gasteiger partial charge < -0.3 is 10.1 Å². The van der Waals surface area contributed by atoms with Gasteiger partial charge in [0.25, 0.3) is 0 Å². The van der Waals surface area contributed by atoms with Crippen molar-refractivity contribution in [1.29, 1.82) is 0 Å². The maximum atomic E-state index is 5.39. The molecule has 0 aliphatic heterocycles. The van der Waals surface area contributed by atoms with Crippen molar-refractivity contribution >= 4 is 5.57 Å². The van der Waals surface area contributed by atoms with Gasteiger partial charge in [-0.3, -0.25) is 0 Å². The number of methoxy groups -OCH3 is 1. The second-order valence-corrected chi connectivity index (χ2v) is 3.78. The molecule has 0 fully saturated rings. The zero-order valence-electron chi connectivity index (χ0n) is 9.34. The van der Waals surface area contributed by atoms with Gasteiger partial charge in [-0.25, -0.2) is 0 Å². The minimum Gasteiger partial charge on any atom is -0.496 e. The lowest BCUT2D eigenvalue weighted by molar-refractivity contribution is 0.409. The van der Waals surface area contributed by atoms with E-state index in [1.807, 2.05) is 13.1 Å². The smallest absolute Gasteiger partial charge is 0.122 e. The van der Waals surface area contributed by atoms with Crippen LogP contribution in [-0.2, 0) is 6.42 Å². The summed E-state index contributed by atoms with van der Waals surface area (Å²) >= 11 is 0. The number of benzene rings is 1. The molecule has 2 rings (SSSR count). The molecule has 80 valence electrons. The van der Waals surface area contributed by atoms with Crippen molar-refractivity contribution in [1.82, 2.24) is 5.32 Å². The molecule has 0 radical (unpaired) electrons. The molecule has 0 aromatic heterocycles. The van der Waals surface area contributed by atoms with Crippen molar-refractivity contribution in [2.45, 2.75) is 12.8 Å². The molecule has 1 N–H and O–H groups in total. The third-order valence-electron chi connectivity index (χ3n) is 2.85. The lowest BCUT2D eigenvalue weighted by Crippen LogP contribution is -2.13. The summed E-state index contributed by atoms with van der Waals surface area (Å²) in [6, 6.07) is 6.29. The normalized spacial score (nSPS) is 14.4. The van der Waals surface area contributed by atoms with Crippen molar-refractivity contribution in [2.24, 2.45) is 0 Å². The molecule has 1 aliphatic rings. The quantitative estimate of drug-likeness (QED) is 0.813. The van der Waals surface area contributed by atoms with Crippen LogP contribution in [0.25, 0.3) is 5.57 Å². The van der Waals surface area contributed by atoms with E-state index in [1.54, 1.807) is 7.11 Å². The molecule has 0 heterocycles. The van der Waals surface area contributed by atoms with E-state index in [4.69, 9.17) is 4.74 Å². The molecule has 1 aliphatic carbocycles. The summed E-state index contributed by atoms with van der Waals surface area (Å²) < 4.78 is 5.39. The standard InChI is InChI=1S/C13H17NO/c1-14-9-10-5-3-7-12-11(10)6-4-8-13(12)15-2/h4-6,8,14H,3,7,9H2,1-2H3. The van der Waals surface area contributed by atoms with E-state index < -0.39 is 0 Å². The Labute approximate surface area is 91.0 Å². The number of allylic oxidation sites excluding steroid dienone is 1. The Morgan fingerprint density at radius 3 is 3.00 bits per heavy atom. The highest BCUT2D eigenvalue weighted by Gasteiger charge is 2.15. The summed E-state index contributed by atoms with van der Waals surface area (Å²) in [6.45, 7) is 0.931. The second kappa shape index (κ2) is 4.49. The summed E-state index contributed by atoms with van der Waals surface area (Å²) in [5.41, 5.74) is 4.08. The summed E-state index contributed by atoms with van der Waals surface area (Å²) in [6.07, 6.45) is 4.52. The van der Waals surface area contributed by atoms with Crippen molar-refractivity contribution in [3.05, 3.63) is 35.4 Å². The van der Waals surface area contributed by atoms with Gasteiger partial charge in [-0.2, -0.15) is 0 Å². The van der Waals surface area contributed by atoms with Crippen LogP contribution in [0.4, 0.5) is 0 Å². The SMILES string of the molecule is CNCC1=CCCc2c(OC)cccc21. The molecule has 0 unspecified atom stereocenters. The number of hydrogen-bond acceptors (Lipinski definition) is 2. The van der Waals surface area contributed by atoms with Crippen molar-refractivity contribution in [3.63, 3.8) is 0 Å². The Bertz CT molecular complexity index is 382. The van der Waals surface area contributed by atoms with Crippen LogP contribution in [0, 0.1) is 0 Å². The molecule has 0 saturated heterocycles. The third-order valence-corrected chi connectivity index (χ3v) is 2.85. The topological polar surface area (TPSA) is 21.3 Å². The summed E-state index contributed by atoms with van der Waals surface area (Å²) in [7, 11) is 3.72. The van der Waals surface area contributed by atoms with E-state index in [-0.39, 0.29) is 0 Å². The van der Waals surface area contributed by atoms with E-state index in [2.05, 4.69) is 23.5 Å². The fourth-order valence-electron chi connectivity index (χ4n) is 2.17. The number of fused-ring (bicyclic) bond motifs is 1. The van der Waals surface area contributed by atoms with Gasteiger partial charge in [0.1, 0.15) is 5.75 Å². The Morgan fingerprint density at radius 1 is 1.40 bits per heavy atom. The van der Waals surface area contributed by atoms with E-state index in [0.717, 1.165) is 25.1 Å². The predicted molar refractivity (Wildman–Crippen MR) is 63.2 cm³/mol. The molecule has 0 spiro atoms. The van der Waals surface area contributed by atoms with Crippen LogP contribution in [0.1, 0.15) is 17.5 Å². The molecule has 0 atom stereocenters. The monoisotopic (exact) mass is 203 g/mol. The van der Waals surface area contributed by atoms with Gasteiger partial charge in [0.05, 0.1) is 7.11 Å². The van der Waals surface area contributed by atoms with Crippen molar-refractivity contribution in [3.8, 4) is 5.75 Å². The zero-order valence-corrected chi connectivity index (χ0v) is 9.34. The maximum absolute atomic E-state index is 5.39. The lowest BCUT2D eigenvalue weighted by atomic mass is 9.90. The first-order valence-electron chi connectivity index (χ1n) is 5.36. The molecular formula is C13H17NO. The van der Waals surface area contributed by atoms with Crippen LogP contribution in [0.15, 0.2) is 24.3 Å². The van der Waals surface area contributed by atoms with Crippen LogP contribution < -0.4 is 10.1 Å². The Kier molecular flexibility index (Phi) is 3.07. The van der Waals surface area contributed by atoms with Crippen LogP contribution in [0.3, 0.4) is 0 Å². The minimum atomic E-state index is 0.931. The van der Waals surface area contributed by atoms with E-state index in [0.29, 0.717) is 0 Å². The molecule has 0 amide bonds. The Hall–Kier alpha value is -1.28. The minimum absolute atomic E-state index is 0.931. The third kappa shape index (κ3) is 1.90. The molecule has 2 heteroatoms. The molecule has 2 nitrogen and oxygen atoms in total. The number of nitrogens with one attached hydrogen (secondary N) is 1. The highest BCUT2D eigenvalue weighted by Crippen LogP contribution is 2.32. The van der Waals surface area contributed by atoms with Crippen LogP contribution in [0.2, 0.25) is 0 Å². The van der Waals surface area contributed by atoms with Gasteiger partial charge in [0, 0.05) is 12.1 Å². The molecule has 1 aromatic carbocycles. The van der Waals surface area contributed by atoms with Crippen molar-refractivity contribution in [2.75, 3.05) is 20.7 Å². The van der Waals surface area contributed by atoms with Gasteiger partial charge in [0.15, 0.2) is 0 Å². The van der Waals surface area contributed by atoms with Gasteiger partial charge in [-0.15, -0.1) is 0 Å². The summed E-state index contributed by atoms with van der Waals surface area (Å²) in [5.74, 6) is 1.02. The molecule has 1 aromatic rings. The van der Waals surface area contributed by atoms with Gasteiger partial charge in [-0.05, 0) is 37.1 Å². The second-order valence-electron chi connectivity index (χ2n) is 3.78. The molecular weight excluding hydrogens is 186 g/mol. The van der Waals surface area contributed by atoms with Gasteiger partial charge >= 0.3 is 0 Å². The summed E-state index contributed by atoms with van der Waals surface area (Å²) in [4.78, 5) is 0. The number of hydrogen-bond donors (Lipinski definition) is 1. The highest BCUT2D eigenvalue weighted by molar-refractivity contribution is 5.73.